The zero-order chi connectivity index (χ0) is 25.4. The topological polar surface area (TPSA) is 76.1 Å². The number of anilines is 2. The van der Waals surface area contributed by atoms with Gasteiger partial charge in [-0.15, -0.1) is 6.58 Å². The molecule has 1 fully saturated rings. The van der Waals surface area contributed by atoms with E-state index in [0.717, 1.165) is 21.5 Å². The Hall–Kier alpha value is -4.36. The van der Waals surface area contributed by atoms with Crippen molar-refractivity contribution < 1.29 is 14.8 Å². The molecule has 7 heteroatoms. The Balaban J connectivity index is 1.57. The van der Waals surface area contributed by atoms with Crippen molar-refractivity contribution in [1.82, 2.24) is 9.96 Å². The van der Waals surface area contributed by atoms with Crippen LogP contribution in [-0.2, 0) is 0 Å². The van der Waals surface area contributed by atoms with Crippen LogP contribution in [0.4, 0.5) is 21.0 Å². The van der Waals surface area contributed by atoms with Gasteiger partial charge in [0, 0.05) is 17.3 Å². The maximum Gasteiger partial charge on any atom is 0.347 e. The van der Waals surface area contributed by atoms with Crippen molar-refractivity contribution in [3.05, 3.63) is 97.6 Å². The van der Waals surface area contributed by atoms with E-state index in [1.807, 2.05) is 92.7 Å². The van der Waals surface area contributed by atoms with Crippen molar-refractivity contribution in [3.8, 4) is 0 Å². The predicted molar refractivity (Wildman–Crippen MR) is 143 cm³/mol. The SMILES string of the molecule is C=CCN1C(=O)N(c2cccc3ccccc23)C(N(O)C(=O)Nc2cccc3ccccc23)C1(C)C. The number of hydrogen-bond donors (Lipinski definition) is 2. The minimum absolute atomic E-state index is 0.266. The fraction of sp³-hybridized carbons (Fsp3) is 0.172. The Morgan fingerprint density at radius 1 is 0.972 bits per heavy atom. The number of urea groups is 2. The molecular formula is C29H28N4O3. The molecule has 1 heterocycles. The molecule has 4 amide bonds. The van der Waals surface area contributed by atoms with Gasteiger partial charge in [0.25, 0.3) is 0 Å². The van der Waals surface area contributed by atoms with Crippen LogP contribution >= 0.6 is 0 Å². The molecule has 7 nitrogen and oxygen atoms in total. The molecular weight excluding hydrogens is 452 g/mol. The van der Waals surface area contributed by atoms with Gasteiger partial charge in [0.2, 0.25) is 0 Å². The molecule has 5 rings (SSSR count). The molecule has 1 aliphatic rings. The van der Waals surface area contributed by atoms with Gasteiger partial charge in [0.1, 0.15) is 0 Å². The van der Waals surface area contributed by atoms with Crippen LogP contribution in [0.2, 0.25) is 0 Å². The smallest absolute Gasteiger partial charge is 0.311 e. The lowest BCUT2D eigenvalue weighted by Crippen LogP contribution is -2.58. The molecule has 4 aromatic carbocycles. The second kappa shape index (κ2) is 9.02. The van der Waals surface area contributed by atoms with Gasteiger partial charge < -0.3 is 10.2 Å². The molecule has 0 aliphatic carbocycles. The second-order valence-corrected chi connectivity index (χ2v) is 9.38. The zero-order valence-corrected chi connectivity index (χ0v) is 20.3. The van der Waals surface area contributed by atoms with E-state index in [1.54, 1.807) is 17.0 Å². The van der Waals surface area contributed by atoms with Gasteiger partial charge in [-0.2, -0.15) is 5.06 Å². The van der Waals surface area contributed by atoms with Gasteiger partial charge in [-0.05, 0) is 36.8 Å². The highest BCUT2D eigenvalue weighted by Crippen LogP contribution is 2.40. The van der Waals surface area contributed by atoms with E-state index in [0.29, 0.717) is 16.4 Å². The maximum absolute atomic E-state index is 13.8. The number of hydroxylamine groups is 2. The van der Waals surface area contributed by atoms with Crippen molar-refractivity contribution in [2.45, 2.75) is 25.6 Å². The fourth-order valence-electron chi connectivity index (χ4n) is 5.06. The van der Waals surface area contributed by atoms with Gasteiger partial charge in [-0.25, -0.2) is 9.59 Å². The summed E-state index contributed by atoms with van der Waals surface area (Å²) in [6, 6.07) is 25.6. The van der Waals surface area contributed by atoms with E-state index in [2.05, 4.69) is 11.9 Å². The Kier molecular flexibility index (Phi) is 5.86. The predicted octanol–water partition coefficient (Wildman–Crippen LogP) is 6.45. The molecule has 1 atom stereocenters. The monoisotopic (exact) mass is 480 g/mol. The molecule has 1 unspecified atom stereocenters. The number of nitrogens with zero attached hydrogens (tertiary/aromatic N) is 3. The maximum atomic E-state index is 13.8. The van der Waals surface area contributed by atoms with E-state index < -0.39 is 17.7 Å². The van der Waals surface area contributed by atoms with Crippen LogP contribution in [0.15, 0.2) is 97.6 Å². The number of benzene rings is 4. The first-order chi connectivity index (χ1) is 17.3. The zero-order valence-electron chi connectivity index (χ0n) is 20.3. The first kappa shape index (κ1) is 23.4. The van der Waals surface area contributed by atoms with Gasteiger partial charge in [0.05, 0.1) is 16.9 Å². The molecule has 1 saturated heterocycles. The minimum atomic E-state index is -1.01. The molecule has 1 aliphatic heterocycles. The largest absolute Gasteiger partial charge is 0.347 e. The Labute approximate surface area is 209 Å². The summed E-state index contributed by atoms with van der Waals surface area (Å²) >= 11 is 0. The highest BCUT2D eigenvalue weighted by molar-refractivity contribution is 6.06. The number of amides is 4. The van der Waals surface area contributed by atoms with Crippen LogP contribution in [0.25, 0.3) is 21.5 Å². The van der Waals surface area contributed by atoms with Crippen LogP contribution < -0.4 is 10.2 Å². The van der Waals surface area contributed by atoms with Crippen molar-refractivity contribution in [2.24, 2.45) is 0 Å². The third kappa shape index (κ3) is 3.74. The van der Waals surface area contributed by atoms with Crippen LogP contribution in [0.3, 0.4) is 0 Å². The summed E-state index contributed by atoms with van der Waals surface area (Å²) in [5.41, 5.74) is 0.242. The molecule has 4 aromatic rings. The number of hydrogen-bond acceptors (Lipinski definition) is 3. The first-order valence-corrected chi connectivity index (χ1v) is 11.8. The van der Waals surface area contributed by atoms with Gasteiger partial charge >= 0.3 is 12.1 Å². The summed E-state index contributed by atoms with van der Waals surface area (Å²) in [5, 5.41) is 18.4. The number of fused-ring (bicyclic) bond motifs is 2. The summed E-state index contributed by atoms with van der Waals surface area (Å²) in [4.78, 5) is 30.3. The Morgan fingerprint density at radius 2 is 1.56 bits per heavy atom. The summed E-state index contributed by atoms with van der Waals surface area (Å²) < 4.78 is 0. The van der Waals surface area contributed by atoms with Crippen molar-refractivity contribution in [1.29, 1.82) is 0 Å². The molecule has 182 valence electrons. The number of nitrogens with one attached hydrogen (secondary N) is 1. The normalized spacial score (nSPS) is 17.0. The van der Waals surface area contributed by atoms with Crippen LogP contribution in [0, 0.1) is 0 Å². The molecule has 0 radical (unpaired) electrons. The number of rotatable bonds is 5. The minimum Gasteiger partial charge on any atom is -0.311 e. The summed E-state index contributed by atoms with van der Waals surface area (Å²) in [6.45, 7) is 7.72. The van der Waals surface area contributed by atoms with Crippen molar-refractivity contribution >= 4 is 45.0 Å². The van der Waals surface area contributed by atoms with E-state index >= 15 is 0 Å². The van der Waals surface area contributed by atoms with Gasteiger partial charge in [-0.3, -0.25) is 10.1 Å². The molecule has 2 N–H and O–H groups in total. The fourth-order valence-corrected chi connectivity index (χ4v) is 5.06. The van der Waals surface area contributed by atoms with Crippen LogP contribution in [0.5, 0.6) is 0 Å². The lowest BCUT2D eigenvalue weighted by Gasteiger charge is -2.38. The lowest BCUT2D eigenvalue weighted by atomic mass is 9.99. The molecule has 0 bridgehead atoms. The summed E-state index contributed by atoms with van der Waals surface area (Å²) in [6.07, 6.45) is 0.632. The first-order valence-electron chi connectivity index (χ1n) is 11.8. The summed E-state index contributed by atoms with van der Waals surface area (Å²) in [5.74, 6) is 0. The van der Waals surface area contributed by atoms with E-state index in [4.69, 9.17) is 0 Å². The standard InChI is InChI=1S/C29H28N4O3/c1-4-19-31-28(35)32(25-18-10-14-21-12-6-8-16-23(21)25)26(29(31,2)3)33(36)27(34)30-24-17-9-13-20-11-5-7-15-22(20)24/h4-18,26,36H,1,19H2,2-3H3,(H,30,34). The van der Waals surface area contributed by atoms with E-state index in [1.165, 1.54) is 4.90 Å². The third-order valence-corrected chi connectivity index (χ3v) is 6.82. The molecule has 0 saturated carbocycles. The number of carbonyl (C=O) groups excluding carboxylic acids is 2. The third-order valence-electron chi connectivity index (χ3n) is 6.82. The van der Waals surface area contributed by atoms with Crippen molar-refractivity contribution in [3.63, 3.8) is 0 Å². The Bertz CT molecular complexity index is 1470. The van der Waals surface area contributed by atoms with Crippen LogP contribution in [0.1, 0.15) is 13.8 Å². The van der Waals surface area contributed by atoms with E-state index in [-0.39, 0.29) is 12.6 Å². The van der Waals surface area contributed by atoms with Crippen molar-refractivity contribution in [2.75, 3.05) is 16.8 Å². The number of carbonyl (C=O) groups is 2. The quantitative estimate of drug-likeness (QED) is 0.196. The van der Waals surface area contributed by atoms with Gasteiger partial charge in [0.15, 0.2) is 6.17 Å². The highest BCUT2D eigenvalue weighted by atomic mass is 16.5. The molecule has 36 heavy (non-hydrogen) atoms. The highest BCUT2D eigenvalue weighted by Gasteiger charge is 2.56. The van der Waals surface area contributed by atoms with Crippen LogP contribution in [-0.4, -0.2) is 45.5 Å². The van der Waals surface area contributed by atoms with Gasteiger partial charge in [-0.1, -0.05) is 78.9 Å². The molecule has 0 spiro atoms. The summed E-state index contributed by atoms with van der Waals surface area (Å²) in [7, 11) is 0. The average molecular weight is 481 g/mol. The second-order valence-electron chi connectivity index (χ2n) is 9.38. The average Bonchev–Trinajstić information content (AvgIpc) is 3.08. The van der Waals surface area contributed by atoms with E-state index in [9.17, 15) is 14.8 Å². The molecule has 0 aromatic heterocycles. The Morgan fingerprint density at radius 3 is 2.25 bits per heavy atom. The lowest BCUT2D eigenvalue weighted by molar-refractivity contribution is -0.0940.